The number of thioether (sulfide) groups is 1. The Morgan fingerprint density at radius 2 is 2.00 bits per heavy atom. The third-order valence-corrected chi connectivity index (χ3v) is 5.59. The number of non-ortho nitro benzene ring substituents is 1. The molecule has 150 valence electrons. The lowest BCUT2D eigenvalue weighted by molar-refractivity contribution is -0.384. The van der Waals surface area contributed by atoms with Gasteiger partial charge in [-0.05, 0) is 37.7 Å². The van der Waals surface area contributed by atoms with Crippen LogP contribution in [-0.2, 0) is 9.53 Å². The van der Waals surface area contributed by atoms with E-state index in [0.717, 1.165) is 0 Å². The van der Waals surface area contributed by atoms with E-state index in [-0.39, 0.29) is 23.8 Å². The number of amidine groups is 1. The standard InChI is InChI=1S/C20H19N3O5S/c1-12-10-22(11-13(2)27-12)20-21-19(24)18(29-20)9-16-6-7-17(28-16)14-4-3-5-15(8-14)23(25)26/h3-9,12-13H,10-11H2,1-2H3/b18-9+. The highest BCUT2D eigenvalue weighted by Crippen LogP contribution is 2.33. The zero-order chi connectivity index (χ0) is 20.5. The van der Waals surface area contributed by atoms with Gasteiger partial charge in [0.05, 0.1) is 22.0 Å². The lowest BCUT2D eigenvalue weighted by Gasteiger charge is -2.35. The Morgan fingerprint density at radius 3 is 2.72 bits per heavy atom. The molecule has 1 saturated heterocycles. The molecule has 0 aliphatic carbocycles. The molecule has 2 unspecified atom stereocenters. The highest BCUT2D eigenvalue weighted by molar-refractivity contribution is 8.18. The van der Waals surface area contributed by atoms with E-state index in [1.807, 2.05) is 13.8 Å². The van der Waals surface area contributed by atoms with Crippen molar-refractivity contribution in [3.05, 3.63) is 57.2 Å². The summed E-state index contributed by atoms with van der Waals surface area (Å²) in [6.07, 6.45) is 1.80. The summed E-state index contributed by atoms with van der Waals surface area (Å²) in [5.74, 6) is 0.681. The lowest BCUT2D eigenvalue weighted by Crippen LogP contribution is -2.47. The number of nitrogens with zero attached hydrogens (tertiary/aromatic N) is 3. The van der Waals surface area contributed by atoms with Crippen LogP contribution in [0.25, 0.3) is 17.4 Å². The molecule has 0 saturated carbocycles. The summed E-state index contributed by atoms with van der Waals surface area (Å²) in [4.78, 5) is 29.6. The molecule has 8 nitrogen and oxygen atoms in total. The number of aliphatic imine (C=N–C) groups is 1. The van der Waals surface area contributed by atoms with Gasteiger partial charge in [0.2, 0.25) is 0 Å². The van der Waals surface area contributed by atoms with Gasteiger partial charge in [0.15, 0.2) is 5.17 Å². The largest absolute Gasteiger partial charge is 0.457 e. The van der Waals surface area contributed by atoms with Crippen molar-refractivity contribution in [2.45, 2.75) is 26.1 Å². The maximum Gasteiger partial charge on any atom is 0.286 e. The number of carbonyl (C=O) groups excluding carboxylic acids is 1. The zero-order valence-electron chi connectivity index (χ0n) is 15.9. The second-order valence-corrected chi connectivity index (χ2v) is 7.99. The summed E-state index contributed by atoms with van der Waals surface area (Å²) in [7, 11) is 0. The van der Waals surface area contributed by atoms with Crippen LogP contribution in [0.4, 0.5) is 5.69 Å². The van der Waals surface area contributed by atoms with E-state index in [2.05, 4.69) is 9.89 Å². The molecule has 9 heteroatoms. The minimum absolute atomic E-state index is 0.00709. The monoisotopic (exact) mass is 413 g/mol. The molecule has 3 heterocycles. The molecule has 0 radical (unpaired) electrons. The first-order valence-electron chi connectivity index (χ1n) is 9.16. The molecule has 1 aromatic heterocycles. The minimum Gasteiger partial charge on any atom is -0.457 e. The van der Waals surface area contributed by atoms with E-state index in [4.69, 9.17) is 9.15 Å². The van der Waals surface area contributed by atoms with Crippen molar-refractivity contribution in [2.24, 2.45) is 4.99 Å². The van der Waals surface area contributed by atoms with Gasteiger partial charge in [-0.15, -0.1) is 0 Å². The number of nitro benzene ring substituents is 1. The van der Waals surface area contributed by atoms with E-state index in [9.17, 15) is 14.9 Å². The number of hydrogen-bond acceptors (Lipinski definition) is 7. The third kappa shape index (κ3) is 4.25. The molecule has 0 N–H and O–H groups in total. The SMILES string of the molecule is CC1CN(C2=NC(=O)/C(=C\c3ccc(-c4cccc([N+](=O)[O-])c4)o3)S2)CC(C)O1. The summed E-state index contributed by atoms with van der Waals surface area (Å²) in [6.45, 7) is 5.38. The van der Waals surface area contributed by atoms with Crippen LogP contribution >= 0.6 is 11.8 Å². The Hall–Kier alpha value is -2.91. The second kappa shape index (κ2) is 7.84. The van der Waals surface area contributed by atoms with E-state index in [0.29, 0.717) is 40.2 Å². The highest BCUT2D eigenvalue weighted by atomic mass is 32.2. The van der Waals surface area contributed by atoms with Crippen LogP contribution in [0.1, 0.15) is 19.6 Å². The van der Waals surface area contributed by atoms with Crippen LogP contribution in [-0.4, -0.2) is 46.2 Å². The summed E-state index contributed by atoms with van der Waals surface area (Å²) in [6, 6.07) is 9.67. The van der Waals surface area contributed by atoms with Crippen LogP contribution in [0.15, 0.2) is 50.7 Å². The summed E-state index contributed by atoms with van der Waals surface area (Å²) >= 11 is 1.32. The smallest absolute Gasteiger partial charge is 0.286 e. The van der Waals surface area contributed by atoms with Crippen LogP contribution in [0.2, 0.25) is 0 Å². The minimum atomic E-state index is -0.449. The fourth-order valence-electron chi connectivity index (χ4n) is 3.35. The third-order valence-electron chi connectivity index (χ3n) is 4.54. The molecular weight excluding hydrogens is 394 g/mol. The Morgan fingerprint density at radius 1 is 1.24 bits per heavy atom. The quantitative estimate of drug-likeness (QED) is 0.427. The maximum atomic E-state index is 12.3. The van der Waals surface area contributed by atoms with Gasteiger partial charge in [-0.1, -0.05) is 12.1 Å². The number of hydrogen-bond donors (Lipinski definition) is 0. The van der Waals surface area contributed by atoms with Crippen molar-refractivity contribution >= 4 is 34.6 Å². The van der Waals surface area contributed by atoms with Crippen LogP contribution in [0.3, 0.4) is 0 Å². The number of rotatable bonds is 3. The molecule has 4 rings (SSSR count). The molecule has 2 aliphatic rings. The average Bonchev–Trinajstić information content (AvgIpc) is 3.29. The molecule has 0 spiro atoms. The summed E-state index contributed by atoms with van der Waals surface area (Å²) in [5.41, 5.74) is 0.592. The molecular formula is C20H19N3O5S. The van der Waals surface area contributed by atoms with Crippen LogP contribution < -0.4 is 0 Å². The predicted octanol–water partition coefficient (Wildman–Crippen LogP) is 3.93. The first-order chi connectivity index (χ1) is 13.9. The Bertz CT molecular complexity index is 1020. The maximum absolute atomic E-state index is 12.3. The molecule has 2 aromatic rings. The molecule has 29 heavy (non-hydrogen) atoms. The van der Waals surface area contributed by atoms with Crippen molar-refractivity contribution in [3.63, 3.8) is 0 Å². The van der Waals surface area contributed by atoms with Gasteiger partial charge in [0, 0.05) is 36.9 Å². The Kier molecular flexibility index (Phi) is 5.25. The number of amides is 1. The van der Waals surface area contributed by atoms with Gasteiger partial charge in [0.1, 0.15) is 11.5 Å². The van der Waals surface area contributed by atoms with Gasteiger partial charge in [-0.2, -0.15) is 4.99 Å². The fraction of sp³-hybridized carbons (Fsp3) is 0.300. The number of ether oxygens (including phenoxy) is 1. The van der Waals surface area contributed by atoms with Crippen molar-refractivity contribution < 1.29 is 18.9 Å². The normalized spacial score (nSPS) is 23.5. The molecule has 1 amide bonds. The van der Waals surface area contributed by atoms with Crippen molar-refractivity contribution in [3.8, 4) is 11.3 Å². The topological polar surface area (TPSA) is 98.2 Å². The number of furan rings is 1. The van der Waals surface area contributed by atoms with Gasteiger partial charge in [-0.25, -0.2) is 0 Å². The average molecular weight is 413 g/mol. The predicted molar refractivity (Wildman–Crippen MR) is 110 cm³/mol. The first-order valence-corrected chi connectivity index (χ1v) is 9.98. The first kappa shape index (κ1) is 19.4. The van der Waals surface area contributed by atoms with E-state index in [1.165, 1.54) is 23.9 Å². The Labute approximate surface area is 171 Å². The zero-order valence-corrected chi connectivity index (χ0v) is 16.7. The number of benzene rings is 1. The Balaban J connectivity index is 1.51. The van der Waals surface area contributed by atoms with Gasteiger partial charge in [0.25, 0.3) is 11.6 Å². The lowest BCUT2D eigenvalue weighted by atomic mass is 10.1. The van der Waals surface area contributed by atoms with Gasteiger partial charge < -0.3 is 14.1 Å². The number of morpholine rings is 1. The van der Waals surface area contributed by atoms with Gasteiger partial charge >= 0.3 is 0 Å². The molecule has 2 aliphatic heterocycles. The van der Waals surface area contributed by atoms with Crippen LogP contribution in [0.5, 0.6) is 0 Å². The molecule has 0 bridgehead atoms. The van der Waals surface area contributed by atoms with Crippen molar-refractivity contribution in [1.82, 2.24) is 4.90 Å². The van der Waals surface area contributed by atoms with Gasteiger partial charge in [-0.3, -0.25) is 14.9 Å². The van der Waals surface area contributed by atoms with Crippen LogP contribution in [0, 0.1) is 10.1 Å². The number of carbonyl (C=O) groups is 1. The number of nitro groups is 1. The second-order valence-electron chi connectivity index (χ2n) is 6.98. The van der Waals surface area contributed by atoms with Crippen molar-refractivity contribution in [2.75, 3.05) is 13.1 Å². The molecule has 1 aromatic carbocycles. The fourth-order valence-corrected chi connectivity index (χ4v) is 4.27. The molecule has 2 atom stereocenters. The van der Waals surface area contributed by atoms with E-state index < -0.39 is 4.92 Å². The summed E-state index contributed by atoms with van der Waals surface area (Å²) in [5, 5.41) is 11.6. The molecule has 1 fully saturated rings. The van der Waals surface area contributed by atoms with E-state index >= 15 is 0 Å². The summed E-state index contributed by atoms with van der Waals surface area (Å²) < 4.78 is 11.5. The highest BCUT2D eigenvalue weighted by Gasteiger charge is 2.31. The van der Waals surface area contributed by atoms with Crippen molar-refractivity contribution in [1.29, 1.82) is 0 Å². The van der Waals surface area contributed by atoms with E-state index in [1.54, 1.807) is 30.3 Å².